The van der Waals surface area contributed by atoms with Gasteiger partial charge in [-0.15, -0.1) is 11.3 Å². The quantitative estimate of drug-likeness (QED) is 0.181. The Hall–Kier alpha value is -6.62. The maximum atomic E-state index is 6.53. The van der Waals surface area contributed by atoms with Crippen molar-refractivity contribution in [3.8, 4) is 50.6 Å². The molecule has 3 nitrogen and oxygen atoms in total. The lowest BCUT2D eigenvalue weighted by Gasteiger charge is -2.38. The number of thiophene rings is 1. The molecular formula is C52H36N2OS. The smallest absolute Gasteiger partial charge is 0.161 e. The number of aromatic nitrogens is 2. The highest BCUT2D eigenvalue weighted by Gasteiger charge is 2.49. The van der Waals surface area contributed by atoms with E-state index in [4.69, 9.17) is 14.7 Å². The van der Waals surface area contributed by atoms with Gasteiger partial charge in [0.2, 0.25) is 0 Å². The molecule has 0 saturated heterocycles. The predicted molar refractivity (Wildman–Crippen MR) is 233 cm³/mol. The molecule has 0 saturated carbocycles. The van der Waals surface area contributed by atoms with E-state index in [0.29, 0.717) is 6.61 Å². The van der Waals surface area contributed by atoms with Crippen LogP contribution in [-0.4, -0.2) is 16.6 Å². The van der Waals surface area contributed by atoms with E-state index >= 15 is 0 Å². The average Bonchev–Trinajstić information content (AvgIpc) is 3.78. The molecule has 1 aliphatic carbocycles. The average molecular weight is 737 g/mol. The van der Waals surface area contributed by atoms with Crippen LogP contribution in [0.4, 0.5) is 0 Å². The van der Waals surface area contributed by atoms with Crippen molar-refractivity contribution in [1.82, 2.24) is 9.97 Å². The normalized spacial score (nSPS) is 18.3. The minimum absolute atomic E-state index is 0.117. The standard InChI is InChI=1S/C52H36N2OS/c1-33-16-3-2-14-31-55-46-27-12-11-26-44(46)52(33)43-25-10-8-21-38(43)39-30-29-35(32-45(39)52)37-20-6-7-22-40(37)48-50-49(42-23-9-13-28-47(42)56-50)54-51(53-48)41-24-15-18-34-17-4-5-19-36(34)41/h2-30,32-33H,31H2,1H3/b14-2-,16-3-/t33?,52-/m1/s1. The maximum absolute atomic E-state index is 6.53. The summed E-state index contributed by atoms with van der Waals surface area (Å²) < 4.78 is 8.83. The van der Waals surface area contributed by atoms with Crippen molar-refractivity contribution in [3.63, 3.8) is 0 Å². The molecule has 1 aliphatic heterocycles. The Kier molecular flexibility index (Phi) is 7.61. The Balaban J connectivity index is 1.18. The molecule has 3 heterocycles. The van der Waals surface area contributed by atoms with Gasteiger partial charge in [-0.25, -0.2) is 9.97 Å². The number of allylic oxidation sites excluding steroid dienone is 3. The van der Waals surface area contributed by atoms with Gasteiger partial charge >= 0.3 is 0 Å². The van der Waals surface area contributed by atoms with Gasteiger partial charge in [0, 0.05) is 26.8 Å². The van der Waals surface area contributed by atoms with Crippen molar-refractivity contribution < 1.29 is 4.74 Å². The zero-order valence-electron chi connectivity index (χ0n) is 30.8. The van der Waals surface area contributed by atoms with Crippen LogP contribution in [0.2, 0.25) is 0 Å². The van der Waals surface area contributed by atoms with Gasteiger partial charge in [-0.05, 0) is 74.3 Å². The number of benzene rings is 7. The van der Waals surface area contributed by atoms with Gasteiger partial charge in [0.05, 0.1) is 21.3 Å². The largest absolute Gasteiger partial charge is 0.489 e. The van der Waals surface area contributed by atoms with Gasteiger partial charge in [-0.1, -0.05) is 165 Å². The molecule has 0 amide bonds. The molecule has 0 N–H and O–H groups in total. The van der Waals surface area contributed by atoms with E-state index in [-0.39, 0.29) is 5.92 Å². The van der Waals surface area contributed by atoms with Gasteiger partial charge in [-0.3, -0.25) is 0 Å². The van der Waals surface area contributed by atoms with Gasteiger partial charge in [0.15, 0.2) is 5.82 Å². The van der Waals surface area contributed by atoms with Crippen LogP contribution in [0.15, 0.2) is 182 Å². The monoisotopic (exact) mass is 736 g/mol. The van der Waals surface area contributed by atoms with Crippen LogP contribution in [0, 0.1) is 5.92 Å². The van der Waals surface area contributed by atoms with E-state index < -0.39 is 5.41 Å². The lowest BCUT2D eigenvalue weighted by molar-refractivity contribution is 0.346. The van der Waals surface area contributed by atoms with Crippen molar-refractivity contribution >= 4 is 42.4 Å². The molecule has 4 heteroatoms. The number of para-hydroxylation sites is 1. The Morgan fingerprint density at radius 2 is 1.29 bits per heavy atom. The second-order valence-corrected chi connectivity index (χ2v) is 15.8. The van der Waals surface area contributed by atoms with Crippen LogP contribution in [-0.2, 0) is 5.41 Å². The van der Waals surface area contributed by atoms with Crippen molar-refractivity contribution in [2.24, 2.45) is 5.92 Å². The van der Waals surface area contributed by atoms with Crippen LogP contribution >= 0.6 is 11.3 Å². The first-order chi connectivity index (χ1) is 27.7. The van der Waals surface area contributed by atoms with Gasteiger partial charge in [0.1, 0.15) is 12.4 Å². The number of nitrogens with zero attached hydrogens (tertiary/aromatic N) is 2. The van der Waals surface area contributed by atoms with Gasteiger partial charge < -0.3 is 4.74 Å². The molecule has 1 spiro atoms. The lowest BCUT2D eigenvalue weighted by atomic mass is 9.64. The number of hydrogen-bond donors (Lipinski definition) is 0. The molecule has 9 aromatic rings. The van der Waals surface area contributed by atoms with Gasteiger partial charge in [-0.2, -0.15) is 0 Å². The van der Waals surface area contributed by atoms with E-state index in [9.17, 15) is 0 Å². The zero-order valence-corrected chi connectivity index (χ0v) is 31.6. The molecule has 1 unspecified atom stereocenters. The summed E-state index contributed by atoms with van der Waals surface area (Å²) in [5.41, 5.74) is 12.2. The van der Waals surface area contributed by atoms with Crippen LogP contribution in [0.3, 0.4) is 0 Å². The Morgan fingerprint density at radius 3 is 2.20 bits per heavy atom. The van der Waals surface area contributed by atoms with E-state index in [2.05, 4.69) is 189 Å². The van der Waals surface area contributed by atoms with E-state index in [1.165, 1.54) is 37.9 Å². The molecule has 56 heavy (non-hydrogen) atoms. The fourth-order valence-corrected chi connectivity index (χ4v) is 10.5. The molecule has 0 radical (unpaired) electrons. The summed E-state index contributed by atoms with van der Waals surface area (Å²) in [6.07, 6.45) is 8.73. The first kappa shape index (κ1) is 32.8. The van der Waals surface area contributed by atoms with Crippen molar-refractivity contribution in [1.29, 1.82) is 0 Å². The number of rotatable bonds is 3. The summed E-state index contributed by atoms with van der Waals surface area (Å²) in [4.78, 5) is 10.8. The number of fused-ring (bicyclic) bond motifs is 11. The fourth-order valence-electron chi connectivity index (χ4n) is 9.33. The molecule has 2 atom stereocenters. The molecule has 7 aromatic carbocycles. The molecule has 2 aromatic heterocycles. The lowest BCUT2D eigenvalue weighted by Crippen LogP contribution is -2.34. The highest BCUT2D eigenvalue weighted by molar-refractivity contribution is 7.26. The molecule has 0 bridgehead atoms. The highest BCUT2D eigenvalue weighted by atomic mass is 32.1. The van der Waals surface area contributed by atoms with Crippen molar-refractivity contribution in [2.45, 2.75) is 12.3 Å². The van der Waals surface area contributed by atoms with Crippen molar-refractivity contribution in [2.75, 3.05) is 6.61 Å². The minimum Gasteiger partial charge on any atom is -0.489 e. The predicted octanol–water partition coefficient (Wildman–Crippen LogP) is 13.5. The molecule has 266 valence electrons. The maximum Gasteiger partial charge on any atom is 0.161 e. The summed E-state index contributed by atoms with van der Waals surface area (Å²) in [6.45, 7) is 2.86. The van der Waals surface area contributed by atoms with Crippen LogP contribution < -0.4 is 4.74 Å². The Labute approximate surface area is 329 Å². The summed E-state index contributed by atoms with van der Waals surface area (Å²) >= 11 is 1.77. The fraction of sp³-hybridized carbons (Fsp3) is 0.0769. The topological polar surface area (TPSA) is 35.0 Å². The summed E-state index contributed by atoms with van der Waals surface area (Å²) in [5.74, 6) is 1.77. The highest BCUT2D eigenvalue weighted by Crippen LogP contribution is 2.59. The summed E-state index contributed by atoms with van der Waals surface area (Å²) in [5, 5.41) is 3.47. The molecular weight excluding hydrogens is 701 g/mol. The Bertz CT molecular complexity index is 3080. The minimum atomic E-state index is -0.482. The molecule has 0 fully saturated rings. The van der Waals surface area contributed by atoms with E-state index in [1.54, 1.807) is 11.3 Å². The number of ether oxygens (including phenoxy) is 1. The second kappa shape index (κ2) is 13.0. The zero-order chi connectivity index (χ0) is 37.2. The summed E-state index contributed by atoms with van der Waals surface area (Å²) in [6, 6.07) is 57.0. The first-order valence-electron chi connectivity index (χ1n) is 19.3. The second-order valence-electron chi connectivity index (χ2n) is 14.8. The van der Waals surface area contributed by atoms with Crippen LogP contribution in [0.1, 0.15) is 23.6 Å². The van der Waals surface area contributed by atoms with Crippen LogP contribution in [0.25, 0.3) is 76.0 Å². The third-order valence-corrected chi connectivity index (χ3v) is 13.0. The van der Waals surface area contributed by atoms with Crippen molar-refractivity contribution in [3.05, 3.63) is 199 Å². The third-order valence-electron chi connectivity index (χ3n) is 11.8. The number of hydrogen-bond acceptors (Lipinski definition) is 4. The molecule has 2 aliphatic rings. The first-order valence-corrected chi connectivity index (χ1v) is 20.1. The SMILES string of the molecule is CC1/C=C\C=C/COc2ccccc2[C@]12c1ccccc1-c1ccc(-c3ccccc3-c3nc(-c4cccc5ccccc45)nc4c3sc3ccccc34)cc12. The summed E-state index contributed by atoms with van der Waals surface area (Å²) in [7, 11) is 0. The Morgan fingerprint density at radius 1 is 0.589 bits per heavy atom. The van der Waals surface area contributed by atoms with Crippen LogP contribution in [0.5, 0.6) is 5.75 Å². The van der Waals surface area contributed by atoms with Gasteiger partial charge in [0.25, 0.3) is 0 Å². The molecule has 11 rings (SSSR count). The van der Waals surface area contributed by atoms with E-state index in [1.807, 2.05) is 0 Å². The van der Waals surface area contributed by atoms with E-state index in [0.717, 1.165) is 60.5 Å². The third kappa shape index (κ3) is 4.89.